The molecule has 0 aromatic carbocycles. The first-order valence-corrected chi connectivity index (χ1v) is 7.67. The van der Waals surface area contributed by atoms with Crippen molar-refractivity contribution in [3.63, 3.8) is 0 Å². The lowest BCUT2D eigenvalue weighted by molar-refractivity contribution is -0.123. The van der Waals surface area contributed by atoms with Gasteiger partial charge in [-0.25, -0.2) is 4.98 Å². The van der Waals surface area contributed by atoms with Crippen molar-refractivity contribution in [2.75, 3.05) is 0 Å². The van der Waals surface area contributed by atoms with Gasteiger partial charge in [0, 0.05) is 18.1 Å². The van der Waals surface area contributed by atoms with Crippen molar-refractivity contribution in [2.45, 2.75) is 26.3 Å². The topological polar surface area (TPSA) is 54.7 Å². The number of rotatable bonds is 4. The average Bonchev–Trinajstić information content (AvgIpc) is 3.05. The van der Waals surface area contributed by atoms with E-state index in [4.69, 9.17) is 0 Å². The Morgan fingerprint density at radius 2 is 2.14 bits per heavy atom. The zero-order valence-corrected chi connectivity index (χ0v) is 13.7. The van der Waals surface area contributed by atoms with E-state index in [9.17, 15) is 9.59 Å². The van der Waals surface area contributed by atoms with Crippen LogP contribution in [0.2, 0.25) is 0 Å². The summed E-state index contributed by atoms with van der Waals surface area (Å²) in [6.45, 7) is 2.31. The molecule has 5 nitrogen and oxygen atoms in total. The number of carbonyl (C=O) groups excluding carboxylic acids is 2. The summed E-state index contributed by atoms with van der Waals surface area (Å²) in [4.78, 5) is 30.4. The molecule has 0 saturated carbocycles. The fourth-order valence-electron chi connectivity index (χ4n) is 2.25. The largest absolute Gasteiger partial charge is 0.302 e. The van der Waals surface area contributed by atoms with E-state index in [-0.39, 0.29) is 30.1 Å². The molecule has 0 atom stereocenters. The van der Waals surface area contributed by atoms with Crippen molar-refractivity contribution in [2.24, 2.45) is 0 Å². The lowest BCUT2D eigenvalue weighted by Gasteiger charge is -2.13. The van der Waals surface area contributed by atoms with E-state index in [2.05, 4.69) is 4.98 Å². The van der Waals surface area contributed by atoms with Crippen LogP contribution in [0.5, 0.6) is 0 Å². The number of nitrogens with zero attached hydrogens (tertiary/aromatic N) is 3. The van der Waals surface area contributed by atoms with Gasteiger partial charge in [0.05, 0.1) is 11.4 Å². The summed E-state index contributed by atoms with van der Waals surface area (Å²) >= 11 is 1.02. The molecule has 0 radical (unpaired) electrons. The maximum atomic E-state index is 12.3. The highest BCUT2D eigenvalue weighted by atomic mass is 35.5. The Morgan fingerprint density at radius 1 is 1.32 bits per heavy atom. The maximum Gasteiger partial charge on any atom is 0.293 e. The second kappa shape index (κ2) is 6.98. The Balaban J connectivity index is 0.00000176. The molecule has 0 N–H and O–H groups in total. The number of amides is 2. The molecule has 1 saturated heterocycles. The number of fused-ring (bicyclic) bond motifs is 1. The Bertz CT molecular complexity index is 741. The molecule has 0 aliphatic carbocycles. The lowest BCUT2D eigenvalue weighted by Crippen LogP contribution is -2.28. The number of carbonyl (C=O) groups is 2. The molecule has 0 spiro atoms. The van der Waals surface area contributed by atoms with Crippen LogP contribution in [0.3, 0.4) is 0 Å². The van der Waals surface area contributed by atoms with E-state index >= 15 is 0 Å². The van der Waals surface area contributed by atoms with E-state index in [1.165, 1.54) is 4.90 Å². The first-order chi connectivity index (χ1) is 10.2. The molecule has 22 heavy (non-hydrogen) atoms. The van der Waals surface area contributed by atoms with Crippen LogP contribution in [0.25, 0.3) is 5.65 Å². The van der Waals surface area contributed by atoms with Crippen molar-refractivity contribution in [3.05, 3.63) is 47.3 Å². The van der Waals surface area contributed by atoms with Crippen LogP contribution in [0.15, 0.2) is 41.6 Å². The first kappa shape index (κ1) is 16.6. The smallest absolute Gasteiger partial charge is 0.293 e. The minimum Gasteiger partial charge on any atom is -0.302 e. The number of imide groups is 1. The molecule has 2 aromatic heterocycles. The lowest BCUT2D eigenvalue weighted by atomic mass is 10.3. The molecular weight excluding hydrogens is 322 g/mol. The van der Waals surface area contributed by atoms with Gasteiger partial charge in [-0.2, -0.15) is 0 Å². The number of thioether (sulfide) groups is 1. The van der Waals surface area contributed by atoms with Crippen LogP contribution in [-0.4, -0.2) is 25.4 Å². The second-order valence-electron chi connectivity index (χ2n) is 4.79. The molecule has 3 heterocycles. The van der Waals surface area contributed by atoms with E-state index in [0.29, 0.717) is 4.91 Å². The predicted molar refractivity (Wildman–Crippen MR) is 89.0 cm³/mol. The molecule has 2 amide bonds. The summed E-state index contributed by atoms with van der Waals surface area (Å²) in [5, 5.41) is -0.209. The summed E-state index contributed by atoms with van der Waals surface area (Å²) < 4.78 is 1.89. The van der Waals surface area contributed by atoms with Crippen LogP contribution in [0.1, 0.15) is 25.5 Å². The van der Waals surface area contributed by atoms with E-state index in [1.807, 2.05) is 41.8 Å². The number of hydrogen-bond donors (Lipinski definition) is 0. The second-order valence-corrected chi connectivity index (χ2v) is 5.78. The first-order valence-electron chi connectivity index (χ1n) is 6.85. The van der Waals surface area contributed by atoms with Gasteiger partial charge in [0.1, 0.15) is 5.65 Å². The maximum absolute atomic E-state index is 12.3. The van der Waals surface area contributed by atoms with Gasteiger partial charge in [-0.3, -0.25) is 14.5 Å². The molecule has 1 fully saturated rings. The van der Waals surface area contributed by atoms with Gasteiger partial charge >= 0.3 is 0 Å². The number of allylic oxidation sites excluding steroid dienone is 1. The minimum absolute atomic E-state index is 0. The fourth-order valence-corrected chi connectivity index (χ4v) is 3.09. The summed E-state index contributed by atoms with van der Waals surface area (Å²) in [7, 11) is 0. The van der Waals surface area contributed by atoms with Crippen molar-refractivity contribution < 1.29 is 9.59 Å². The Kier molecular flexibility index (Phi) is 5.26. The van der Waals surface area contributed by atoms with Crippen molar-refractivity contribution >= 4 is 41.0 Å². The summed E-state index contributed by atoms with van der Waals surface area (Å²) in [5.41, 5.74) is 1.67. The standard InChI is InChI=1S/C15H15N3O2S.ClH/c1-2-3-6-12-14(19)18(15(20)21-12)10-11-5-4-7-13-16-8-9-17(11)13;/h4-9H,2-3,10H2,1H3;1H. The third-order valence-corrected chi connectivity index (χ3v) is 4.28. The van der Waals surface area contributed by atoms with Crippen LogP contribution < -0.4 is 0 Å². The van der Waals surface area contributed by atoms with Gasteiger partial charge in [-0.15, -0.1) is 12.4 Å². The molecular formula is C15H16ClN3O2S. The minimum atomic E-state index is -0.209. The molecule has 116 valence electrons. The Morgan fingerprint density at radius 3 is 2.91 bits per heavy atom. The number of unbranched alkanes of at least 4 members (excludes halogenated alkanes) is 1. The molecule has 7 heteroatoms. The number of aromatic nitrogens is 2. The van der Waals surface area contributed by atoms with Crippen LogP contribution in [0, 0.1) is 0 Å². The summed E-state index contributed by atoms with van der Waals surface area (Å²) in [6.07, 6.45) is 7.15. The SMILES string of the molecule is CCCC=C1SC(=O)N(Cc2cccc3nccn23)C1=O.Cl. The zero-order chi connectivity index (χ0) is 14.8. The third-order valence-electron chi connectivity index (χ3n) is 3.32. The molecule has 1 aliphatic rings. The highest BCUT2D eigenvalue weighted by Crippen LogP contribution is 2.32. The fraction of sp³-hybridized carbons (Fsp3) is 0.267. The van der Waals surface area contributed by atoms with Gasteiger partial charge in [0.25, 0.3) is 11.1 Å². The van der Waals surface area contributed by atoms with Gasteiger partial charge in [-0.05, 0) is 30.3 Å². The quantitative estimate of drug-likeness (QED) is 0.799. The summed E-state index contributed by atoms with van der Waals surface area (Å²) in [5.74, 6) is -0.199. The molecule has 3 rings (SSSR count). The Hall–Kier alpha value is -1.79. The van der Waals surface area contributed by atoms with Crippen LogP contribution >= 0.6 is 24.2 Å². The van der Waals surface area contributed by atoms with Gasteiger partial charge in [0.2, 0.25) is 0 Å². The third kappa shape index (κ3) is 3.03. The molecule has 2 aromatic rings. The highest BCUT2D eigenvalue weighted by molar-refractivity contribution is 8.18. The Labute approximate surface area is 138 Å². The van der Waals surface area contributed by atoms with E-state index in [0.717, 1.165) is 35.9 Å². The highest BCUT2D eigenvalue weighted by Gasteiger charge is 2.35. The number of hydrogen-bond acceptors (Lipinski definition) is 4. The van der Waals surface area contributed by atoms with Gasteiger partial charge < -0.3 is 4.40 Å². The molecule has 1 aliphatic heterocycles. The monoisotopic (exact) mass is 337 g/mol. The average molecular weight is 338 g/mol. The predicted octanol–water partition coefficient (Wildman–Crippen LogP) is 3.64. The number of pyridine rings is 1. The zero-order valence-electron chi connectivity index (χ0n) is 12.1. The van der Waals surface area contributed by atoms with Crippen molar-refractivity contribution in [1.29, 1.82) is 0 Å². The van der Waals surface area contributed by atoms with Crippen LogP contribution in [0.4, 0.5) is 4.79 Å². The van der Waals surface area contributed by atoms with Crippen molar-refractivity contribution in [1.82, 2.24) is 14.3 Å². The molecule has 0 unspecified atom stereocenters. The van der Waals surface area contributed by atoms with Gasteiger partial charge in [0.15, 0.2) is 0 Å². The summed E-state index contributed by atoms with van der Waals surface area (Å²) in [6, 6.07) is 5.66. The van der Waals surface area contributed by atoms with E-state index in [1.54, 1.807) is 6.20 Å². The van der Waals surface area contributed by atoms with Crippen LogP contribution in [-0.2, 0) is 11.3 Å². The van der Waals surface area contributed by atoms with Crippen molar-refractivity contribution in [3.8, 4) is 0 Å². The van der Waals surface area contributed by atoms with Gasteiger partial charge in [-0.1, -0.05) is 25.5 Å². The molecule has 0 bridgehead atoms. The van der Waals surface area contributed by atoms with E-state index < -0.39 is 0 Å². The number of halogens is 1. The number of imidazole rings is 1. The normalized spacial score (nSPS) is 16.6.